The van der Waals surface area contributed by atoms with Gasteiger partial charge in [-0.3, -0.25) is 0 Å². The molecule has 0 amide bonds. The van der Waals surface area contributed by atoms with Gasteiger partial charge in [0.1, 0.15) is 0 Å². The van der Waals surface area contributed by atoms with Gasteiger partial charge in [-0.15, -0.1) is 0 Å². The lowest BCUT2D eigenvalue weighted by molar-refractivity contribution is 0.327. The van der Waals surface area contributed by atoms with E-state index in [9.17, 15) is 0 Å². The molecule has 0 aromatic carbocycles. The van der Waals surface area contributed by atoms with Crippen LogP contribution in [0.1, 0.15) is 57.8 Å². The Bertz CT molecular complexity index is 145. The van der Waals surface area contributed by atoms with E-state index in [-0.39, 0.29) is 0 Å². The molecule has 1 nitrogen and oxygen atoms in total. The quantitative estimate of drug-likeness (QED) is 0.463. The first kappa shape index (κ1) is 10.5. The summed E-state index contributed by atoms with van der Waals surface area (Å²) in [4.78, 5) is 2.54. The zero-order valence-electron chi connectivity index (χ0n) is 9.51. The molecule has 2 aliphatic rings. The van der Waals surface area contributed by atoms with Gasteiger partial charge in [-0.1, -0.05) is 51.4 Å². The van der Waals surface area contributed by atoms with Crippen LogP contribution in [-0.4, -0.2) is 24.5 Å². The van der Waals surface area contributed by atoms with Gasteiger partial charge in [0.25, 0.3) is 0 Å². The first-order chi connectivity index (χ1) is 6.95. The van der Waals surface area contributed by atoms with Crippen LogP contribution in [0, 0.1) is 5.92 Å². The Morgan fingerprint density at radius 2 is 1.64 bits per heavy atom. The topological polar surface area (TPSA) is 3.01 Å². The third-order valence-corrected chi connectivity index (χ3v) is 3.85. The summed E-state index contributed by atoms with van der Waals surface area (Å²) in [7, 11) is 0. The Balaban J connectivity index is 1.41. The van der Waals surface area contributed by atoms with Crippen molar-refractivity contribution in [1.82, 2.24) is 4.90 Å². The summed E-state index contributed by atoms with van der Waals surface area (Å²) in [6.45, 7) is 4.13. The predicted octanol–water partition coefficient (Wildman–Crippen LogP) is 3.44. The molecule has 0 unspecified atom stereocenters. The molecule has 82 valence electrons. The van der Waals surface area contributed by atoms with Crippen molar-refractivity contribution in [3.05, 3.63) is 0 Å². The molecule has 1 aliphatic carbocycles. The lowest BCUT2D eigenvalue weighted by Crippen LogP contribution is -2.06. The van der Waals surface area contributed by atoms with Crippen LogP contribution in [0.15, 0.2) is 0 Å². The monoisotopic (exact) mass is 195 g/mol. The Morgan fingerprint density at radius 1 is 0.857 bits per heavy atom. The second-order valence-corrected chi connectivity index (χ2v) is 5.20. The van der Waals surface area contributed by atoms with Crippen LogP contribution in [0.3, 0.4) is 0 Å². The molecule has 2 rings (SSSR count). The second kappa shape index (κ2) is 5.75. The van der Waals surface area contributed by atoms with Crippen molar-refractivity contribution < 1.29 is 0 Å². The minimum atomic E-state index is 1.10. The number of unbranched alkanes of at least 4 members (excludes halogenated alkanes) is 2. The number of hydrogen-bond acceptors (Lipinski definition) is 1. The number of rotatable bonds is 6. The van der Waals surface area contributed by atoms with E-state index in [1.165, 1.54) is 77.4 Å². The lowest BCUT2D eigenvalue weighted by Gasteiger charge is -2.21. The standard InChI is InChI=1S/C13H25N/c1-3-7-13(8-4-1)9-5-2-6-10-14-11-12-14/h13H,1-12H2. The summed E-state index contributed by atoms with van der Waals surface area (Å²) in [5.74, 6) is 1.10. The summed E-state index contributed by atoms with van der Waals surface area (Å²) in [6.07, 6.45) is 13.6. The van der Waals surface area contributed by atoms with Crippen LogP contribution in [0.2, 0.25) is 0 Å². The molecule has 0 bridgehead atoms. The van der Waals surface area contributed by atoms with Crippen LogP contribution in [0.5, 0.6) is 0 Å². The molecule has 1 heteroatoms. The normalized spacial score (nSPS) is 24.0. The molecule has 0 N–H and O–H groups in total. The maximum Gasteiger partial charge on any atom is 0.0110 e. The Hall–Kier alpha value is -0.0400. The maximum absolute atomic E-state index is 2.54. The maximum atomic E-state index is 2.54. The fraction of sp³-hybridized carbons (Fsp3) is 1.00. The largest absolute Gasteiger partial charge is 0.301 e. The van der Waals surface area contributed by atoms with Crippen molar-refractivity contribution >= 4 is 0 Å². The van der Waals surface area contributed by atoms with Crippen molar-refractivity contribution in [2.24, 2.45) is 5.92 Å². The van der Waals surface area contributed by atoms with Gasteiger partial charge in [0.2, 0.25) is 0 Å². The van der Waals surface area contributed by atoms with Crippen molar-refractivity contribution in [2.75, 3.05) is 19.6 Å². The van der Waals surface area contributed by atoms with E-state index in [1.54, 1.807) is 0 Å². The molecule has 2 fully saturated rings. The first-order valence-corrected chi connectivity index (χ1v) is 6.67. The van der Waals surface area contributed by atoms with E-state index in [0.717, 1.165) is 5.92 Å². The van der Waals surface area contributed by atoms with E-state index >= 15 is 0 Å². The molecule has 0 aromatic heterocycles. The summed E-state index contributed by atoms with van der Waals surface area (Å²) in [6, 6.07) is 0. The minimum absolute atomic E-state index is 1.10. The van der Waals surface area contributed by atoms with Gasteiger partial charge >= 0.3 is 0 Å². The average molecular weight is 195 g/mol. The second-order valence-electron chi connectivity index (χ2n) is 5.20. The highest BCUT2D eigenvalue weighted by atomic mass is 15.2. The minimum Gasteiger partial charge on any atom is -0.301 e. The van der Waals surface area contributed by atoms with Gasteiger partial charge in [0.05, 0.1) is 0 Å². The summed E-state index contributed by atoms with van der Waals surface area (Å²) < 4.78 is 0. The van der Waals surface area contributed by atoms with Crippen molar-refractivity contribution in [1.29, 1.82) is 0 Å². The van der Waals surface area contributed by atoms with Crippen molar-refractivity contribution in [3.8, 4) is 0 Å². The summed E-state index contributed by atoms with van der Waals surface area (Å²) in [5, 5.41) is 0. The molecular formula is C13H25N. The van der Waals surface area contributed by atoms with Crippen molar-refractivity contribution in [3.63, 3.8) is 0 Å². The van der Waals surface area contributed by atoms with E-state index in [1.807, 2.05) is 0 Å². The highest BCUT2D eigenvalue weighted by Crippen LogP contribution is 2.27. The molecule has 1 heterocycles. The molecule has 1 aliphatic heterocycles. The SMILES string of the molecule is C1CCC(CCCCCN2CC2)CC1. The molecular weight excluding hydrogens is 170 g/mol. The van der Waals surface area contributed by atoms with E-state index in [0.29, 0.717) is 0 Å². The van der Waals surface area contributed by atoms with Crippen LogP contribution < -0.4 is 0 Å². The van der Waals surface area contributed by atoms with E-state index < -0.39 is 0 Å². The zero-order valence-corrected chi connectivity index (χ0v) is 9.51. The van der Waals surface area contributed by atoms with Gasteiger partial charge in [0.15, 0.2) is 0 Å². The molecule has 14 heavy (non-hydrogen) atoms. The highest BCUT2D eigenvalue weighted by molar-refractivity contribution is 4.71. The van der Waals surface area contributed by atoms with E-state index in [2.05, 4.69) is 4.90 Å². The van der Waals surface area contributed by atoms with Crippen LogP contribution in [0.4, 0.5) is 0 Å². The van der Waals surface area contributed by atoms with E-state index in [4.69, 9.17) is 0 Å². The Labute approximate surface area is 88.9 Å². The van der Waals surface area contributed by atoms with Crippen LogP contribution in [-0.2, 0) is 0 Å². The Morgan fingerprint density at radius 3 is 2.36 bits per heavy atom. The molecule has 0 radical (unpaired) electrons. The average Bonchev–Trinajstić information content (AvgIpc) is 3.03. The van der Waals surface area contributed by atoms with Crippen LogP contribution >= 0.6 is 0 Å². The fourth-order valence-corrected chi connectivity index (χ4v) is 2.72. The summed E-state index contributed by atoms with van der Waals surface area (Å²) in [5.41, 5.74) is 0. The highest BCUT2D eigenvalue weighted by Gasteiger charge is 2.16. The number of nitrogens with zero attached hydrogens (tertiary/aromatic N) is 1. The van der Waals surface area contributed by atoms with Gasteiger partial charge in [-0.2, -0.15) is 0 Å². The number of hydrogen-bond donors (Lipinski definition) is 0. The van der Waals surface area contributed by atoms with Crippen molar-refractivity contribution in [2.45, 2.75) is 57.8 Å². The molecule has 0 spiro atoms. The van der Waals surface area contributed by atoms with Gasteiger partial charge in [0, 0.05) is 13.1 Å². The lowest BCUT2D eigenvalue weighted by atomic mass is 9.86. The van der Waals surface area contributed by atoms with Gasteiger partial charge in [-0.05, 0) is 18.9 Å². The molecule has 0 aromatic rings. The molecule has 1 saturated carbocycles. The molecule has 1 saturated heterocycles. The fourth-order valence-electron chi connectivity index (χ4n) is 2.72. The first-order valence-electron chi connectivity index (χ1n) is 6.67. The van der Waals surface area contributed by atoms with Gasteiger partial charge < -0.3 is 4.90 Å². The Kier molecular flexibility index (Phi) is 4.30. The van der Waals surface area contributed by atoms with Crippen LogP contribution in [0.25, 0.3) is 0 Å². The smallest absolute Gasteiger partial charge is 0.0110 e. The summed E-state index contributed by atoms with van der Waals surface area (Å²) >= 11 is 0. The third kappa shape index (κ3) is 4.00. The zero-order chi connectivity index (χ0) is 9.64. The molecule has 0 atom stereocenters. The van der Waals surface area contributed by atoms with Gasteiger partial charge in [-0.25, -0.2) is 0 Å². The third-order valence-electron chi connectivity index (χ3n) is 3.85. The predicted molar refractivity (Wildman–Crippen MR) is 61.5 cm³/mol.